The summed E-state index contributed by atoms with van der Waals surface area (Å²) in [5.74, 6) is 0.657. The number of carbonyl (C=O) groups excluding carboxylic acids is 1. The van der Waals surface area contributed by atoms with E-state index in [2.05, 4.69) is 11.4 Å². The van der Waals surface area contributed by atoms with Crippen LogP contribution in [0.4, 0.5) is 5.69 Å². The summed E-state index contributed by atoms with van der Waals surface area (Å²) in [4.78, 5) is 12.2. The van der Waals surface area contributed by atoms with Crippen LogP contribution in [0.15, 0.2) is 42.5 Å². The van der Waals surface area contributed by atoms with E-state index in [-0.39, 0.29) is 12.0 Å². The van der Waals surface area contributed by atoms with E-state index in [1.807, 2.05) is 52.0 Å². The van der Waals surface area contributed by atoms with Crippen LogP contribution in [0, 0.1) is 13.8 Å². The van der Waals surface area contributed by atoms with Gasteiger partial charge in [-0.1, -0.05) is 6.07 Å². The fraction of sp³-hybridized carbons (Fsp3) is 0.278. The Morgan fingerprint density at radius 2 is 1.57 bits per heavy atom. The van der Waals surface area contributed by atoms with Gasteiger partial charge in [-0.3, -0.25) is 4.79 Å². The molecule has 0 aromatic heterocycles. The van der Waals surface area contributed by atoms with Gasteiger partial charge in [0.05, 0.1) is 6.10 Å². The molecule has 2 aromatic rings. The van der Waals surface area contributed by atoms with E-state index < -0.39 is 0 Å². The number of nitrogens with one attached hydrogen (secondary N) is 1. The van der Waals surface area contributed by atoms with Crippen molar-refractivity contribution in [2.75, 3.05) is 5.32 Å². The minimum Gasteiger partial charge on any atom is -0.491 e. The third-order valence-corrected chi connectivity index (χ3v) is 2.97. The minimum atomic E-state index is -0.115. The third kappa shape index (κ3) is 4.35. The maximum absolute atomic E-state index is 12.2. The zero-order valence-corrected chi connectivity index (χ0v) is 12.9. The molecule has 1 amide bonds. The van der Waals surface area contributed by atoms with Crippen molar-refractivity contribution >= 4 is 11.6 Å². The van der Waals surface area contributed by atoms with Gasteiger partial charge in [-0.15, -0.1) is 0 Å². The van der Waals surface area contributed by atoms with E-state index in [1.54, 1.807) is 12.1 Å². The summed E-state index contributed by atoms with van der Waals surface area (Å²) in [5, 5.41) is 2.92. The van der Waals surface area contributed by atoms with Gasteiger partial charge in [0.25, 0.3) is 5.91 Å². The van der Waals surface area contributed by atoms with Gasteiger partial charge in [-0.25, -0.2) is 0 Å². The molecule has 3 heteroatoms. The lowest BCUT2D eigenvalue weighted by molar-refractivity contribution is 0.102. The number of rotatable bonds is 4. The van der Waals surface area contributed by atoms with Crippen molar-refractivity contribution in [1.82, 2.24) is 0 Å². The Hall–Kier alpha value is -2.29. The summed E-state index contributed by atoms with van der Waals surface area (Å²) in [6.45, 7) is 7.97. The summed E-state index contributed by atoms with van der Waals surface area (Å²) in [5.41, 5.74) is 3.70. The maximum atomic E-state index is 12.2. The molecule has 0 heterocycles. The van der Waals surface area contributed by atoms with Gasteiger partial charge in [-0.2, -0.15) is 0 Å². The van der Waals surface area contributed by atoms with Crippen molar-refractivity contribution in [3.63, 3.8) is 0 Å². The van der Waals surface area contributed by atoms with E-state index in [9.17, 15) is 4.79 Å². The van der Waals surface area contributed by atoms with Gasteiger partial charge in [0.2, 0.25) is 0 Å². The first-order valence-corrected chi connectivity index (χ1v) is 7.10. The molecule has 0 spiro atoms. The molecule has 0 aliphatic rings. The molecule has 0 saturated carbocycles. The third-order valence-electron chi connectivity index (χ3n) is 2.97. The molecule has 2 aromatic carbocycles. The number of aryl methyl sites for hydroxylation is 2. The molecule has 3 nitrogen and oxygen atoms in total. The monoisotopic (exact) mass is 283 g/mol. The average Bonchev–Trinajstić information content (AvgIpc) is 2.37. The van der Waals surface area contributed by atoms with Crippen LogP contribution in [0.3, 0.4) is 0 Å². The van der Waals surface area contributed by atoms with Gasteiger partial charge in [0, 0.05) is 11.3 Å². The predicted octanol–water partition coefficient (Wildman–Crippen LogP) is 4.34. The molecule has 0 bridgehead atoms. The van der Waals surface area contributed by atoms with Gasteiger partial charge < -0.3 is 10.1 Å². The molecule has 110 valence electrons. The highest BCUT2D eigenvalue weighted by Gasteiger charge is 2.07. The Kier molecular flexibility index (Phi) is 4.63. The van der Waals surface area contributed by atoms with Crippen molar-refractivity contribution in [2.24, 2.45) is 0 Å². The van der Waals surface area contributed by atoms with Crippen LogP contribution < -0.4 is 10.1 Å². The van der Waals surface area contributed by atoms with Crippen molar-refractivity contribution in [2.45, 2.75) is 33.8 Å². The van der Waals surface area contributed by atoms with Crippen molar-refractivity contribution in [3.8, 4) is 5.75 Å². The minimum absolute atomic E-state index is 0.115. The SMILES string of the molecule is Cc1cc(C)cc(NC(=O)c2ccc(OC(C)C)cc2)c1. The zero-order chi connectivity index (χ0) is 15.4. The lowest BCUT2D eigenvalue weighted by Gasteiger charge is -2.11. The van der Waals surface area contributed by atoms with Gasteiger partial charge in [-0.05, 0) is 75.2 Å². The molecule has 0 radical (unpaired) electrons. The van der Waals surface area contributed by atoms with Gasteiger partial charge in [0.1, 0.15) is 5.75 Å². The molecule has 1 N–H and O–H groups in total. The number of hydrogen-bond acceptors (Lipinski definition) is 2. The summed E-state index contributed by atoms with van der Waals surface area (Å²) in [7, 11) is 0. The van der Waals surface area contributed by atoms with Crippen LogP contribution in [-0.2, 0) is 0 Å². The molecule has 0 aliphatic carbocycles. The predicted molar refractivity (Wildman–Crippen MR) is 86.1 cm³/mol. The second-order valence-corrected chi connectivity index (χ2v) is 5.52. The Labute approximate surface area is 126 Å². The standard InChI is InChI=1S/C18H21NO2/c1-12(2)21-17-7-5-15(6-8-17)18(20)19-16-10-13(3)9-14(4)11-16/h5-12H,1-4H3,(H,19,20). The summed E-state index contributed by atoms with van der Waals surface area (Å²) in [6, 6.07) is 13.2. The molecule has 21 heavy (non-hydrogen) atoms. The Balaban J connectivity index is 2.09. The first-order valence-electron chi connectivity index (χ1n) is 7.10. The molecule has 0 aliphatic heterocycles. The number of carbonyl (C=O) groups is 1. The zero-order valence-electron chi connectivity index (χ0n) is 12.9. The number of amides is 1. The second-order valence-electron chi connectivity index (χ2n) is 5.52. The van der Waals surface area contributed by atoms with Gasteiger partial charge >= 0.3 is 0 Å². The van der Waals surface area contributed by atoms with E-state index in [1.165, 1.54) is 0 Å². The van der Waals surface area contributed by atoms with E-state index in [4.69, 9.17) is 4.74 Å². The molecular weight excluding hydrogens is 262 g/mol. The van der Waals surface area contributed by atoms with Crippen LogP contribution in [0.1, 0.15) is 35.3 Å². The highest BCUT2D eigenvalue weighted by Crippen LogP contribution is 2.17. The first-order chi connectivity index (χ1) is 9.94. The van der Waals surface area contributed by atoms with Crippen LogP contribution >= 0.6 is 0 Å². The molecule has 0 unspecified atom stereocenters. The fourth-order valence-corrected chi connectivity index (χ4v) is 2.21. The second kappa shape index (κ2) is 6.44. The number of hydrogen-bond donors (Lipinski definition) is 1. The molecule has 2 rings (SSSR count). The van der Waals surface area contributed by atoms with Crippen LogP contribution in [0.2, 0.25) is 0 Å². The fourth-order valence-electron chi connectivity index (χ4n) is 2.21. The van der Waals surface area contributed by atoms with E-state index >= 15 is 0 Å². The summed E-state index contributed by atoms with van der Waals surface area (Å²) in [6.07, 6.45) is 0.125. The molecule has 0 atom stereocenters. The average molecular weight is 283 g/mol. The van der Waals surface area contributed by atoms with Crippen LogP contribution in [0.5, 0.6) is 5.75 Å². The smallest absolute Gasteiger partial charge is 0.255 e. The Bertz CT molecular complexity index is 610. The van der Waals surface area contributed by atoms with Crippen molar-refractivity contribution in [3.05, 3.63) is 59.2 Å². The Morgan fingerprint density at radius 1 is 1.00 bits per heavy atom. The van der Waals surface area contributed by atoms with E-state index in [0.717, 1.165) is 22.6 Å². The topological polar surface area (TPSA) is 38.3 Å². The normalized spacial score (nSPS) is 10.5. The quantitative estimate of drug-likeness (QED) is 0.906. The molecule has 0 saturated heterocycles. The van der Waals surface area contributed by atoms with Crippen molar-refractivity contribution < 1.29 is 9.53 Å². The van der Waals surface area contributed by atoms with Crippen LogP contribution in [-0.4, -0.2) is 12.0 Å². The molecular formula is C18H21NO2. The molecule has 0 fully saturated rings. The Morgan fingerprint density at radius 3 is 2.10 bits per heavy atom. The lowest BCUT2D eigenvalue weighted by atomic mass is 10.1. The van der Waals surface area contributed by atoms with Crippen LogP contribution in [0.25, 0.3) is 0 Å². The highest BCUT2D eigenvalue weighted by molar-refractivity contribution is 6.04. The maximum Gasteiger partial charge on any atom is 0.255 e. The van der Waals surface area contributed by atoms with Gasteiger partial charge in [0.15, 0.2) is 0 Å². The van der Waals surface area contributed by atoms with E-state index in [0.29, 0.717) is 5.56 Å². The largest absolute Gasteiger partial charge is 0.491 e. The van der Waals surface area contributed by atoms with Crippen molar-refractivity contribution in [1.29, 1.82) is 0 Å². The number of ether oxygens (including phenoxy) is 1. The summed E-state index contributed by atoms with van der Waals surface area (Å²) < 4.78 is 5.57. The number of benzene rings is 2. The number of anilines is 1. The first kappa shape index (κ1) is 15.1. The lowest BCUT2D eigenvalue weighted by Crippen LogP contribution is -2.12. The summed E-state index contributed by atoms with van der Waals surface area (Å²) >= 11 is 0. The highest BCUT2D eigenvalue weighted by atomic mass is 16.5.